The van der Waals surface area contributed by atoms with Crippen LogP contribution in [-0.2, 0) is 0 Å². The van der Waals surface area contributed by atoms with Crippen LogP contribution in [0.2, 0.25) is 0 Å². The van der Waals surface area contributed by atoms with Crippen molar-refractivity contribution >= 4 is 21.6 Å². The van der Waals surface area contributed by atoms with Crippen LogP contribution in [0.5, 0.6) is 5.75 Å². The van der Waals surface area contributed by atoms with Crippen LogP contribution in [0.15, 0.2) is 18.2 Å². The number of aromatic hydroxyl groups is 1. The lowest BCUT2D eigenvalue weighted by Gasteiger charge is -1.89. The van der Waals surface area contributed by atoms with Crippen molar-refractivity contribution in [2.45, 2.75) is 20.8 Å². The molecule has 2 rings (SSSR count). The third-order valence-electron chi connectivity index (χ3n) is 1.50. The normalized spacial score (nSPS) is 9.46. The Kier molecular flexibility index (Phi) is 3.25. The van der Waals surface area contributed by atoms with Crippen molar-refractivity contribution in [2.75, 3.05) is 0 Å². The number of fused-ring (bicyclic) bond motifs is 1. The van der Waals surface area contributed by atoms with Gasteiger partial charge in [-0.3, -0.25) is 0 Å². The number of para-hydroxylation sites is 1. The number of rotatable bonds is 0. The van der Waals surface area contributed by atoms with Gasteiger partial charge in [0.1, 0.15) is 11.3 Å². The lowest BCUT2D eigenvalue weighted by Crippen LogP contribution is -1.69. The molecule has 1 heterocycles. The second-order valence-electron chi connectivity index (χ2n) is 2.36. The second kappa shape index (κ2) is 4.23. The van der Waals surface area contributed by atoms with Gasteiger partial charge in [-0.2, -0.15) is 0 Å². The summed E-state index contributed by atoms with van der Waals surface area (Å²) >= 11 is 1.60. The van der Waals surface area contributed by atoms with Crippen molar-refractivity contribution < 1.29 is 5.11 Å². The van der Waals surface area contributed by atoms with E-state index in [2.05, 4.69) is 4.98 Å². The zero-order chi connectivity index (χ0) is 9.84. The van der Waals surface area contributed by atoms with E-state index in [0.717, 1.165) is 15.2 Å². The minimum Gasteiger partial charge on any atom is -0.506 e. The van der Waals surface area contributed by atoms with E-state index >= 15 is 0 Å². The van der Waals surface area contributed by atoms with Crippen LogP contribution in [-0.4, -0.2) is 10.1 Å². The van der Waals surface area contributed by atoms with Crippen molar-refractivity contribution in [1.29, 1.82) is 0 Å². The van der Waals surface area contributed by atoms with E-state index in [1.165, 1.54) is 0 Å². The van der Waals surface area contributed by atoms with Crippen molar-refractivity contribution in [3.63, 3.8) is 0 Å². The van der Waals surface area contributed by atoms with Gasteiger partial charge in [0.05, 0.1) is 9.71 Å². The molecule has 1 aromatic carbocycles. The van der Waals surface area contributed by atoms with Gasteiger partial charge in [0, 0.05) is 0 Å². The molecule has 1 N–H and O–H groups in total. The predicted molar refractivity (Wildman–Crippen MR) is 57.4 cm³/mol. The lowest BCUT2D eigenvalue weighted by molar-refractivity contribution is 0.480. The molecule has 0 aliphatic rings. The van der Waals surface area contributed by atoms with Crippen LogP contribution >= 0.6 is 11.3 Å². The minimum atomic E-state index is 0.270. The third-order valence-corrected chi connectivity index (χ3v) is 2.44. The summed E-state index contributed by atoms with van der Waals surface area (Å²) in [5.74, 6) is 0.270. The van der Waals surface area contributed by atoms with Gasteiger partial charge in [-0.1, -0.05) is 19.9 Å². The maximum Gasteiger partial charge on any atom is 0.142 e. The van der Waals surface area contributed by atoms with Gasteiger partial charge in [-0.15, -0.1) is 11.3 Å². The van der Waals surface area contributed by atoms with Crippen molar-refractivity contribution in [2.24, 2.45) is 0 Å². The Morgan fingerprint density at radius 1 is 1.31 bits per heavy atom. The highest BCUT2D eigenvalue weighted by Crippen LogP contribution is 2.27. The second-order valence-corrected chi connectivity index (χ2v) is 3.59. The molecular formula is C10H13NOS. The summed E-state index contributed by atoms with van der Waals surface area (Å²) in [6, 6.07) is 5.44. The molecule has 0 amide bonds. The average molecular weight is 195 g/mol. The first-order chi connectivity index (χ1) is 6.27. The van der Waals surface area contributed by atoms with Crippen molar-refractivity contribution in [3.05, 3.63) is 23.2 Å². The molecule has 3 heteroatoms. The maximum absolute atomic E-state index is 9.33. The van der Waals surface area contributed by atoms with E-state index in [-0.39, 0.29) is 5.75 Å². The fourth-order valence-corrected chi connectivity index (χ4v) is 1.89. The van der Waals surface area contributed by atoms with Gasteiger partial charge in [-0.05, 0) is 19.1 Å². The third kappa shape index (κ3) is 1.98. The zero-order valence-electron chi connectivity index (χ0n) is 8.03. The first-order valence-corrected chi connectivity index (χ1v) is 5.14. The topological polar surface area (TPSA) is 33.1 Å². The molecule has 1 aromatic heterocycles. The molecule has 13 heavy (non-hydrogen) atoms. The molecule has 0 fully saturated rings. The standard InChI is InChI=1S/C8H7NOS.C2H6/c1-5-9-8-6(10)3-2-4-7(8)11-5;1-2/h2-4,10H,1H3;1-2H3. The molecule has 2 aromatic rings. The molecule has 0 bridgehead atoms. The quantitative estimate of drug-likeness (QED) is 0.699. The smallest absolute Gasteiger partial charge is 0.142 e. The highest BCUT2D eigenvalue weighted by molar-refractivity contribution is 7.18. The number of phenols is 1. The number of nitrogens with zero attached hydrogens (tertiary/aromatic N) is 1. The molecule has 0 spiro atoms. The van der Waals surface area contributed by atoms with Gasteiger partial charge in [0.15, 0.2) is 0 Å². The Hall–Kier alpha value is -1.09. The molecule has 0 aliphatic carbocycles. The van der Waals surface area contributed by atoms with Crippen LogP contribution in [0.25, 0.3) is 10.2 Å². The van der Waals surface area contributed by atoms with Gasteiger partial charge >= 0.3 is 0 Å². The van der Waals surface area contributed by atoms with Crippen LogP contribution in [0.4, 0.5) is 0 Å². The number of hydrogen-bond acceptors (Lipinski definition) is 3. The van der Waals surface area contributed by atoms with Crippen molar-refractivity contribution in [3.8, 4) is 5.75 Å². The van der Waals surface area contributed by atoms with Gasteiger partial charge in [0.2, 0.25) is 0 Å². The van der Waals surface area contributed by atoms with E-state index in [1.54, 1.807) is 17.4 Å². The fraction of sp³-hybridized carbons (Fsp3) is 0.300. The summed E-state index contributed by atoms with van der Waals surface area (Å²) in [6.45, 7) is 5.93. The molecule has 0 saturated heterocycles. The van der Waals surface area contributed by atoms with E-state index in [4.69, 9.17) is 0 Å². The van der Waals surface area contributed by atoms with Gasteiger partial charge in [0.25, 0.3) is 0 Å². The summed E-state index contributed by atoms with van der Waals surface area (Å²) in [6.07, 6.45) is 0. The largest absolute Gasteiger partial charge is 0.506 e. The monoisotopic (exact) mass is 195 g/mol. The average Bonchev–Trinajstić information content (AvgIpc) is 2.51. The predicted octanol–water partition coefficient (Wildman–Crippen LogP) is 3.34. The maximum atomic E-state index is 9.33. The van der Waals surface area contributed by atoms with Crippen molar-refractivity contribution in [1.82, 2.24) is 4.98 Å². The Bertz CT molecular complexity index is 395. The molecule has 2 nitrogen and oxygen atoms in total. The first kappa shape index (κ1) is 9.99. The van der Waals surface area contributed by atoms with Gasteiger partial charge in [-0.25, -0.2) is 4.98 Å². The number of benzene rings is 1. The lowest BCUT2D eigenvalue weighted by atomic mass is 10.3. The molecule has 0 radical (unpaired) electrons. The van der Waals surface area contributed by atoms with E-state index in [0.29, 0.717) is 0 Å². The molecule has 0 atom stereocenters. The number of aromatic nitrogens is 1. The van der Waals surface area contributed by atoms with Crippen LogP contribution in [0, 0.1) is 6.92 Å². The number of thiazole rings is 1. The fourth-order valence-electron chi connectivity index (χ4n) is 1.04. The summed E-state index contributed by atoms with van der Waals surface area (Å²) in [4.78, 5) is 4.18. The van der Waals surface area contributed by atoms with Crippen LogP contribution in [0.3, 0.4) is 0 Å². The Morgan fingerprint density at radius 3 is 2.62 bits per heavy atom. The SMILES string of the molecule is CC.Cc1nc2c(O)cccc2s1. The van der Waals surface area contributed by atoms with Crippen LogP contribution in [0.1, 0.15) is 18.9 Å². The summed E-state index contributed by atoms with van der Waals surface area (Å²) < 4.78 is 1.04. The molecular weight excluding hydrogens is 182 g/mol. The molecule has 0 aliphatic heterocycles. The summed E-state index contributed by atoms with van der Waals surface area (Å²) in [7, 11) is 0. The summed E-state index contributed by atoms with van der Waals surface area (Å²) in [5.41, 5.74) is 0.718. The number of hydrogen-bond donors (Lipinski definition) is 1. The molecule has 70 valence electrons. The Morgan fingerprint density at radius 2 is 2.00 bits per heavy atom. The molecule has 0 saturated carbocycles. The first-order valence-electron chi connectivity index (χ1n) is 4.32. The highest BCUT2D eigenvalue weighted by Gasteiger charge is 2.02. The van der Waals surface area contributed by atoms with E-state index in [9.17, 15) is 5.11 Å². The number of phenolic OH excluding ortho intramolecular Hbond substituents is 1. The summed E-state index contributed by atoms with van der Waals surface area (Å²) in [5, 5.41) is 10.3. The van der Waals surface area contributed by atoms with Gasteiger partial charge < -0.3 is 5.11 Å². The number of aryl methyl sites for hydroxylation is 1. The van der Waals surface area contributed by atoms with E-state index in [1.807, 2.05) is 32.9 Å². The molecule has 0 unspecified atom stereocenters. The Balaban J connectivity index is 0.000000396. The highest BCUT2D eigenvalue weighted by atomic mass is 32.1. The minimum absolute atomic E-state index is 0.270. The Labute approximate surface area is 81.9 Å². The van der Waals surface area contributed by atoms with Crippen LogP contribution < -0.4 is 0 Å². The van der Waals surface area contributed by atoms with E-state index < -0.39 is 0 Å². The zero-order valence-corrected chi connectivity index (χ0v) is 8.85.